The molecule has 1 aromatic rings. The van der Waals surface area contributed by atoms with Crippen LogP contribution in [0.3, 0.4) is 0 Å². The molecule has 1 rings (SSSR count). The van der Waals surface area contributed by atoms with Crippen LogP contribution < -0.4 is 16.6 Å². The molecule has 17 heavy (non-hydrogen) atoms. The largest absolute Gasteiger partial charge is 0.444 e. The molecule has 0 saturated heterocycles. The standard InChI is InChI=1S/C10H19N5O2/c1-7-6-13-9(17-7)8(2)14-10(15-11)12-4-5-16-3/h6,8H,4-5,11H2,1-3H3,(H2,12,14,15). The highest BCUT2D eigenvalue weighted by Crippen LogP contribution is 2.11. The van der Waals surface area contributed by atoms with E-state index in [9.17, 15) is 0 Å². The highest BCUT2D eigenvalue weighted by atomic mass is 16.5. The van der Waals surface area contributed by atoms with Gasteiger partial charge < -0.3 is 14.5 Å². The van der Waals surface area contributed by atoms with Gasteiger partial charge in [-0.1, -0.05) is 0 Å². The average Bonchev–Trinajstić information content (AvgIpc) is 2.74. The van der Waals surface area contributed by atoms with Crippen LogP contribution in [0, 0.1) is 6.92 Å². The number of aliphatic imine (C=N–C) groups is 1. The molecule has 4 N–H and O–H groups in total. The first-order chi connectivity index (χ1) is 8.17. The molecule has 0 spiro atoms. The van der Waals surface area contributed by atoms with Crippen molar-refractivity contribution < 1.29 is 9.15 Å². The highest BCUT2D eigenvalue weighted by molar-refractivity contribution is 5.79. The number of aryl methyl sites for hydroxylation is 1. The van der Waals surface area contributed by atoms with Gasteiger partial charge in [0, 0.05) is 7.11 Å². The van der Waals surface area contributed by atoms with Gasteiger partial charge >= 0.3 is 0 Å². The van der Waals surface area contributed by atoms with Crippen molar-refractivity contribution in [2.75, 3.05) is 20.3 Å². The molecular weight excluding hydrogens is 222 g/mol. The quantitative estimate of drug-likeness (QED) is 0.222. The third kappa shape index (κ3) is 4.41. The number of guanidine groups is 1. The van der Waals surface area contributed by atoms with Gasteiger partial charge in [0.1, 0.15) is 11.8 Å². The van der Waals surface area contributed by atoms with Gasteiger partial charge in [0.2, 0.25) is 11.9 Å². The molecule has 0 fully saturated rings. The number of hydrazine groups is 1. The van der Waals surface area contributed by atoms with E-state index < -0.39 is 0 Å². The van der Waals surface area contributed by atoms with Crippen LogP contribution in [0.4, 0.5) is 0 Å². The number of aromatic nitrogens is 1. The van der Waals surface area contributed by atoms with Crippen LogP contribution in [0.2, 0.25) is 0 Å². The molecule has 96 valence electrons. The fourth-order valence-corrected chi connectivity index (χ4v) is 1.22. The minimum absolute atomic E-state index is 0.110. The van der Waals surface area contributed by atoms with Gasteiger partial charge in [0.25, 0.3) is 0 Å². The minimum Gasteiger partial charge on any atom is -0.444 e. The minimum atomic E-state index is -0.110. The summed E-state index contributed by atoms with van der Waals surface area (Å²) in [6.45, 7) is 4.83. The molecule has 0 radical (unpaired) electrons. The Labute approximate surface area is 100 Å². The molecule has 1 unspecified atom stereocenters. The van der Waals surface area contributed by atoms with E-state index in [2.05, 4.69) is 20.7 Å². The summed E-state index contributed by atoms with van der Waals surface area (Å²) < 4.78 is 10.3. The Hall–Kier alpha value is -1.60. The van der Waals surface area contributed by atoms with Gasteiger partial charge in [-0.05, 0) is 13.8 Å². The maximum Gasteiger partial charge on any atom is 0.216 e. The molecule has 1 heterocycles. The normalized spacial score (nSPS) is 13.5. The summed E-state index contributed by atoms with van der Waals surface area (Å²) in [6.07, 6.45) is 1.67. The number of nitrogens with zero attached hydrogens (tertiary/aromatic N) is 2. The summed E-state index contributed by atoms with van der Waals surface area (Å²) in [4.78, 5) is 8.30. The Morgan fingerprint density at radius 2 is 2.47 bits per heavy atom. The Bertz CT molecular complexity index is 363. The molecule has 0 bridgehead atoms. The molecule has 0 aliphatic carbocycles. The summed E-state index contributed by atoms with van der Waals surface area (Å²) >= 11 is 0. The summed E-state index contributed by atoms with van der Waals surface area (Å²) in [5.74, 6) is 7.19. The van der Waals surface area contributed by atoms with Crippen LogP contribution in [0.25, 0.3) is 0 Å². The lowest BCUT2D eigenvalue weighted by Gasteiger charge is -2.13. The zero-order valence-corrected chi connectivity index (χ0v) is 10.4. The second-order valence-electron chi connectivity index (χ2n) is 3.54. The summed E-state index contributed by atoms with van der Waals surface area (Å²) in [5, 5.41) is 3.06. The number of ether oxygens (including phenoxy) is 1. The molecule has 1 aromatic heterocycles. The average molecular weight is 241 g/mol. The first-order valence-corrected chi connectivity index (χ1v) is 5.36. The summed E-state index contributed by atoms with van der Waals surface area (Å²) in [5.41, 5.74) is 2.48. The molecule has 1 atom stereocenters. The number of rotatable bonds is 5. The number of nitrogens with two attached hydrogens (primary N) is 1. The van der Waals surface area contributed by atoms with Crippen molar-refractivity contribution in [3.05, 3.63) is 17.8 Å². The van der Waals surface area contributed by atoms with Crippen LogP contribution >= 0.6 is 0 Å². The van der Waals surface area contributed by atoms with E-state index in [1.165, 1.54) is 0 Å². The second-order valence-corrected chi connectivity index (χ2v) is 3.54. The van der Waals surface area contributed by atoms with Gasteiger partial charge in [-0.3, -0.25) is 5.43 Å². The van der Waals surface area contributed by atoms with Crippen LogP contribution in [0.1, 0.15) is 24.6 Å². The lowest BCUT2D eigenvalue weighted by Crippen LogP contribution is -2.43. The Morgan fingerprint density at radius 3 is 3.00 bits per heavy atom. The lowest BCUT2D eigenvalue weighted by atomic mass is 10.3. The fraction of sp³-hybridized carbons (Fsp3) is 0.600. The highest BCUT2D eigenvalue weighted by Gasteiger charge is 2.12. The van der Waals surface area contributed by atoms with Crippen LogP contribution in [-0.4, -0.2) is 31.2 Å². The predicted octanol–water partition coefficient (Wildman–Crippen LogP) is 0.0993. The molecule has 0 aromatic carbocycles. The second kappa shape index (κ2) is 6.87. The van der Waals surface area contributed by atoms with Crippen LogP contribution in [0.5, 0.6) is 0 Å². The number of oxazole rings is 1. The molecule has 7 nitrogen and oxygen atoms in total. The molecular formula is C10H19N5O2. The lowest BCUT2D eigenvalue weighted by molar-refractivity contribution is 0.208. The van der Waals surface area contributed by atoms with E-state index in [-0.39, 0.29) is 6.04 Å². The van der Waals surface area contributed by atoms with E-state index in [0.29, 0.717) is 25.0 Å². The predicted molar refractivity (Wildman–Crippen MR) is 64.3 cm³/mol. The van der Waals surface area contributed by atoms with Crippen molar-refractivity contribution in [2.24, 2.45) is 10.8 Å². The molecule has 0 saturated carbocycles. The van der Waals surface area contributed by atoms with E-state index >= 15 is 0 Å². The molecule has 0 aliphatic rings. The van der Waals surface area contributed by atoms with Gasteiger partial charge in [0.05, 0.1) is 19.3 Å². The van der Waals surface area contributed by atoms with Crippen molar-refractivity contribution in [3.63, 3.8) is 0 Å². The SMILES string of the molecule is COCCN=C(NN)NC(C)c1ncc(C)o1. The summed E-state index contributed by atoms with van der Waals surface area (Å²) in [7, 11) is 1.62. The van der Waals surface area contributed by atoms with Crippen molar-refractivity contribution in [3.8, 4) is 0 Å². The van der Waals surface area contributed by atoms with E-state index in [4.69, 9.17) is 15.0 Å². The Morgan fingerprint density at radius 1 is 1.71 bits per heavy atom. The van der Waals surface area contributed by atoms with Gasteiger partial charge in [-0.25, -0.2) is 15.8 Å². The summed E-state index contributed by atoms with van der Waals surface area (Å²) in [6, 6.07) is -0.110. The van der Waals surface area contributed by atoms with Crippen molar-refractivity contribution >= 4 is 5.96 Å². The van der Waals surface area contributed by atoms with E-state index in [0.717, 1.165) is 5.76 Å². The number of nitrogens with one attached hydrogen (secondary N) is 2. The van der Waals surface area contributed by atoms with Crippen molar-refractivity contribution in [2.45, 2.75) is 19.9 Å². The first kappa shape index (κ1) is 13.5. The zero-order chi connectivity index (χ0) is 12.7. The molecule has 0 aliphatic heterocycles. The fourth-order valence-electron chi connectivity index (χ4n) is 1.22. The van der Waals surface area contributed by atoms with E-state index in [1.54, 1.807) is 13.3 Å². The Kier molecular flexibility index (Phi) is 5.44. The van der Waals surface area contributed by atoms with E-state index in [1.807, 2.05) is 13.8 Å². The smallest absolute Gasteiger partial charge is 0.216 e. The van der Waals surface area contributed by atoms with Gasteiger partial charge in [0.15, 0.2) is 0 Å². The third-order valence-corrected chi connectivity index (χ3v) is 2.06. The maximum atomic E-state index is 5.39. The first-order valence-electron chi connectivity index (χ1n) is 5.36. The zero-order valence-electron chi connectivity index (χ0n) is 10.4. The monoisotopic (exact) mass is 241 g/mol. The van der Waals surface area contributed by atoms with Crippen LogP contribution in [0.15, 0.2) is 15.6 Å². The third-order valence-electron chi connectivity index (χ3n) is 2.06. The maximum absolute atomic E-state index is 5.39. The Balaban J connectivity index is 2.53. The molecule has 7 heteroatoms. The van der Waals surface area contributed by atoms with Gasteiger partial charge in [-0.15, -0.1) is 0 Å². The topological polar surface area (TPSA) is 97.7 Å². The van der Waals surface area contributed by atoms with Crippen molar-refractivity contribution in [1.82, 2.24) is 15.7 Å². The number of methoxy groups -OCH3 is 1. The van der Waals surface area contributed by atoms with Crippen LogP contribution in [-0.2, 0) is 4.74 Å². The van der Waals surface area contributed by atoms with Gasteiger partial charge in [-0.2, -0.15) is 0 Å². The van der Waals surface area contributed by atoms with Crippen molar-refractivity contribution in [1.29, 1.82) is 0 Å². The number of hydrogen-bond acceptors (Lipinski definition) is 5. The number of hydrogen-bond donors (Lipinski definition) is 3. The molecule has 0 amide bonds.